The number of rotatable bonds is 7. The van der Waals surface area contributed by atoms with E-state index in [2.05, 4.69) is 54.0 Å². The van der Waals surface area contributed by atoms with Crippen molar-refractivity contribution in [2.45, 2.75) is 71.1 Å². The van der Waals surface area contributed by atoms with E-state index in [9.17, 15) is 0 Å². The van der Waals surface area contributed by atoms with Gasteiger partial charge >= 0.3 is 0 Å². The maximum absolute atomic E-state index is 6.33. The minimum Gasteiger partial charge on any atom is -0.259 e. The number of pyridine rings is 1. The first kappa shape index (κ1) is 19.9. The summed E-state index contributed by atoms with van der Waals surface area (Å²) in [5, 5.41) is 0.848. The van der Waals surface area contributed by atoms with Crippen molar-refractivity contribution < 1.29 is 0 Å². The number of nitrogens with zero attached hydrogens (tertiary/aromatic N) is 1. The fraction of sp³-hybridized carbons (Fsp3) is 0.522. The summed E-state index contributed by atoms with van der Waals surface area (Å²) in [6.45, 7) is 4.59. The SMILES string of the molecule is CCCCCC(CCC)C1c2ccc(Cl)cc2CCc2cc(Br)cnc21. The van der Waals surface area contributed by atoms with Crippen molar-refractivity contribution in [2.24, 2.45) is 5.92 Å². The van der Waals surface area contributed by atoms with Gasteiger partial charge in [0.25, 0.3) is 0 Å². The number of aryl methyl sites for hydroxylation is 2. The second kappa shape index (κ2) is 9.37. The minimum absolute atomic E-state index is 0.393. The summed E-state index contributed by atoms with van der Waals surface area (Å²) >= 11 is 9.95. The van der Waals surface area contributed by atoms with Crippen LogP contribution in [0.3, 0.4) is 0 Å². The highest BCUT2D eigenvalue weighted by molar-refractivity contribution is 9.10. The smallest absolute Gasteiger partial charge is 0.0514 e. The number of hydrogen-bond donors (Lipinski definition) is 0. The second-order valence-electron chi connectivity index (χ2n) is 7.56. The summed E-state index contributed by atoms with van der Waals surface area (Å²) in [4.78, 5) is 4.93. The maximum Gasteiger partial charge on any atom is 0.0514 e. The summed E-state index contributed by atoms with van der Waals surface area (Å²) in [6.07, 6.45) is 11.7. The van der Waals surface area contributed by atoms with E-state index in [1.807, 2.05) is 6.20 Å². The van der Waals surface area contributed by atoms with Crippen molar-refractivity contribution in [3.63, 3.8) is 0 Å². The zero-order valence-electron chi connectivity index (χ0n) is 15.9. The molecule has 2 unspecified atom stereocenters. The van der Waals surface area contributed by atoms with Crippen LogP contribution in [0.4, 0.5) is 0 Å². The lowest BCUT2D eigenvalue weighted by molar-refractivity contribution is 0.378. The van der Waals surface area contributed by atoms with Crippen LogP contribution < -0.4 is 0 Å². The third kappa shape index (κ3) is 4.51. The highest BCUT2D eigenvalue weighted by Gasteiger charge is 2.31. The fourth-order valence-corrected chi connectivity index (χ4v) is 5.04. The number of hydrogen-bond acceptors (Lipinski definition) is 1. The average molecular weight is 435 g/mol. The second-order valence-corrected chi connectivity index (χ2v) is 8.92. The summed E-state index contributed by atoms with van der Waals surface area (Å²) in [5.74, 6) is 1.04. The highest BCUT2D eigenvalue weighted by atomic mass is 79.9. The summed E-state index contributed by atoms with van der Waals surface area (Å²) in [5.41, 5.74) is 5.56. The molecule has 2 atom stereocenters. The molecule has 140 valence electrons. The Labute approximate surface area is 171 Å². The molecule has 1 heterocycles. The molecule has 0 radical (unpaired) electrons. The number of benzene rings is 1. The first-order valence-electron chi connectivity index (χ1n) is 10.1. The molecule has 3 heteroatoms. The van der Waals surface area contributed by atoms with E-state index in [1.54, 1.807) is 0 Å². The number of halogens is 2. The Morgan fingerprint density at radius 3 is 2.65 bits per heavy atom. The molecule has 0 fully saturated rings. The largest absolute Gasteiger partial charge is 0.259 e. The highest BCUT2D eigenvalue weighted by Crippen LogP contribution is 2.43. The Morgan fingerprint density at radius 2 is 1.88 bits per heavy atom. The lowest BCUT2D eigenvalue weighted by Gasteiger charge is -2.29. The first-order chi connectivity index (χ1) is 12.6. The van der Waals surface area contributed by atoms with E-state index < -0.39 is 0 Å². The molecule has 1 aliphatic rings. The van der Waals surface area contributed by atoms with Crippen molar-refractivity contribution in [3.05, 3.63) is 62.3 Å². The third-order valence-corrected chi connectivity index (χ3v) is 6.34. The van der Waals surface area contributed by atoms with E-state index in [0.717, 1.165) is 22.3 Å². The Kier molecular flexibility index (Phi) is 7.17. The molecule has 3 rings (SSSR count). The molecule has 0 N–H and O–H groups in total. The normalized spacial score (nSPS) is 17.3. The van der Waals surface area contributed by atoms with Crippen LogP contribution in [0.15, 0.2) is 34.9 Å². The van der Waals surface area contributed by atoms with Gasteiger partial charge in [-0.3, -0.25) is 4.98 Å². The van der Waals surface area contributed by atoms with Crippen molar-refractivity contribution in [1.82, 2.24) is 4.98 Å². The monoisotopic (exact) mass is 433 g/mol. The quantitative estimate of drug-likeness (QED) is 0.406. The summed E-state index contributed by atoms with van der Waals surface area (Å²) < 4.78 is 1.08. The van der Waals surface area contributed by atoms with Gasteiger partial charge in [0.1, 0.15) is 0 Å². The van der Waals surface area contributed by atoms with Gasteiger partial charge in [-0.15, -0.1) is 0 Å². The summed E-state index contributed by atoms with van der Waals surface area (Å²) in [7, 11) is 0. The van der Waals surface area contributed by atoms with Crippen molar-refractivity contribution >= 4 is 27.5 Å². The molecule has 0 spiro atoms. The molecule has 26 heavy (non-hydrogen) atoms. The third-order valence-electron chi connectivity index (χ3n) is 5.68. The van der Waals surface area contributed by atoms with Gasteiger partial charge in [-0.05, 0) is 82.4 Å². The van der Waals surface area contributed by atoms with Crippen molar-refractivity contribution in [3.8, 4) is 0 Å². The van der Waals surface area contributed by atoms with Gasteiger partial charge in [-0.2, -0.15) is 0 Å². The standard InChI is InChI=1S/C23H29BrClN/c1-3-5-6-8-16(7-4-2)22-21-12-11-20(25)14-17(21)9-10-18-13-19(24)15-26-23(18)22/h11-16,22H,3-10H2,1-2H3. The molecule has 1 aliphatic carbocycles. The molecule has 2 aromatic rings. The van der Waals surface area contributed by atoms with Crippen LogP contribution in [0.25, 0.3) is 0 Å². The van der Waals surface area contributed by atoms with Gasteiger partial charge in [-0.1, -0.05) is 57.2 Å². The van der Waals surface area contributed by atoms with Crippen LogP contribution in [0.5, 0.6) is 0 Å². The Balaban J connectivity index is 2.07. The van der Waals surface area contributed by atoms with Gasteiger partial charge in [0.05, 0.1) is 5.69 Å². The van der Waals surface area contributed by atoms with E-state index in [-0.39, 0.29) is 0 Å². The van der Waals surface area contributed by atoms with Gasteiger partial charge in [0, 0.05) is 21.6 Å². The van der Waals surface area contributed by atoms with Crippen LogP contribution >= 0.6 is 27.5 Å². The van der Waals surface area contributed by atoms with Gasteiger partial charge in [0.2, 0.25) is 0 Å². The van der Waals surface area contributed by atoms with Crippen LogP contribution in [0.2, 0.25) is 5.02 Å². The Morgan fingerprint density at radius 1 is 1.08 bits per heavy atom. The van der Waals surface area contributed by atoms with E-state index in [1.165, 1.54) is 60.9 Å². The molecule has 1 nitrogen and oxygen atoms in total. The lowest BCUT2D eigenvalue weighted by atomic mass is 9.76. The van der Waals surface area contributed by atoms with Gasteiger partial charge < -0.3 is 0 Å². The van der Waals surface area contributed by atoms with Gasteiger partial charge in [-0.25, -0.2) is 0 Å². The fourth-order valence-electron chi connectivity index (χ4n) is 4.47. The van der Waals surface area contributed by atoms with Crippen molar-refractivity contribution in [2.75, 3.05) is 0 Å². The van der Waals surface area contributed by atoms with E-state index >= 15 is 0 Å². The Hall–Kier alpha value is -0.860. The predicted molar refractivity (Wildman–Crippen MR) is 115 cm³/mol. The number of fused-ring (bicyclic) bond motifs is 2. The van der Waals surface area contributed by atoms with Crippen LogP contribution in [0, 0.1) is 5.92 Å². The van der Waals surface area contributed by atoms with E-state index in [0.29, 0.717) is 11.8 Å². The lowest BCUT2D eigenvalue weighted by Crippen LogP contribution is -2.17. The van der Waals surface area contributed by atoms with Gasteiger partial charge in [0.15, 0.2) is 0 Å². The van der Waals surface area contributed by atoms with Crippen molar-refractivity contribution in [1.29, 1.82) is 0 Å². The molecular formula is C23H29BrClN. The van der Waals surface area contributed by atoms with Crippen LogP contribution in [-0.2, 0) is 12.8 Å². The molecule has 1 aromatic heterocycles. The number of unbranched alkanes of at least 4 members (excludes halogenated alkanes) is 2. The Bertz CT molecular complexity index is 689. The predicted octanol–water partition coefficient (Wildman–Crippen LogP) is 7.72. The zero-order valence-corrected chi connectivity index (χ0v) is 18.2. The topological polar surface area (TPSA) is 12.9 Å². The minimum atomic E-state index is 0.393. The molecule has 1 aromatic carbocycles. The average Bonchev–Trinajstić information content (AvgIpc) is 2.77. The van der Waals surface area contributed by atoms with Crippen LogP contribution in [-0.4, -0.2) is 4.98 Å². The molecule has 0 saturated carbocycles. The zero-order chi connectivity index (χ0) is 18.5. The molecule has 0 amide bonds. The molecule has 0 bridgehead atoms. The molecule has 0 aliphatic heterocycles. The van der Waals surface area contributed by atoms with Crippen LogP contribution in [0.1, 0.15) is 80.7 Å². The van der Waals surface area contributed by atoms with E-state index in [4.69, 9.17) is 16.6 Å². The maximum atomic E-state index is 6.33. The molecular weight excluding hydrogens is 406 g/mol. The first-order valence-corrected chi connectivity index (χ1v) is 11.2. The summed E-state index contributed by atoms with van der Waals surface area (Å²) in [6, 6.07) is 8.79. The molecule has 0 saturated heterocycles. The number of aromatic nitrogens is 1.